The summed E-state index contributed by atoms with van der Waals surface area (Å²) in [5, 5.41) is 13.4. The van der Waals surface area contributed by atoms with Crippen LogP contribution in [0.4, 0.5) is 0 Å². The molecule has 98 valence electrons. The molecule has 1 aromatic rings. The Kier molecular flexibility index (Phi) is 5.64. The van der Waals surface area contributed by atoms with Gasteiger partial charge >= 0.3 is 0 Å². The maximum absolute atomic E-state index is 11.8. The van der Waals surface area contributed by atoms with E-state index in [1.54, 1.807) is 18.2 Å². The van der Waals surface area contributed by atoms with E-state index in [4.69, 9.17) is 17.5 Å². The van der Waals surface area contributed by atoms with Crippen molar-refractivity contribution in [3.63, 3.8) is 0 Å². The second-order valence-electron chi connectivity index (χ2n) is 3.88. The average Bonchev–Trinajstić information content (AvgIpc) is 2.37. The number of amides is 1. The fourth-order valence-electron chi connectivity index (χ4n) is 1.25. The van der Waals surface area contributed by atoms with Crippen LogP contribution in [0.2, 0.25) is 0 Å². The lowest BCUT2D eigenvalue weighted by atomic mass is 10.1. The number of Topliss-reactive ketones (excluding diaryl/α,β-unsaturated/α-hetero) is 1. The number of thiocarbonyl (C=S) groups is 1. The molecule has 0 saturated carbocycles. The van der Waals surface area contributed by atoms with E-state index in [0.29, 0.717) is 5.56 Å². The lowest BCUT2D eigenvalue weighted by Gasteiger charge is -2.08. The van der Waals surface area contributed by atoms with E-state index < -0.39 is 0 Å². The molecule has 0 aliphatic rings. The minimum Gasteiger partial charge on any atom is -0.355 e. The highest BCUT2D eigenvalue weighted by molar-refractivity contribution is 7.80. The minimum atomic E-state index is -0.342. The lowest BCUT2D eigenvalue weighted by Crippen LogP contribution is -2.41. The number of ketones is 1. The summed E-state index contributed by atoms with van der Waals surface area (Å²) < 4.78 is 0. The van der Waals surface area contributed by atoms with Crippen LogP contribution in [0.5, 0.6) is 0 Å². The minimum absolute atomic E-state index is 0.0665. The molecule has 0 aromatic heterocycles. The number of carbonyl (C=O) groups is 2. The van der Waals surface area contributed by atoms with Gasteiger partial charge in [-0.25, -0.2) is 0 Å². The fourth-order valence-corrected chi connectivity index (χ4v) is 1.42. The third-order valence-corrected chi connectivity index (χ3v) is 2.51. The molecule has 0 atom stereocenters. The smallest absolute Gasteiger partial charge is 0.257 e. The van der Waals surface area contributed by atoms with Gasteiger partial charge in [0, 0.05) is 5.56 Å². The molecular formula is C13H13N3O2S. The number of carbonyl (C=O) groups excluding carboxylic acids is 2. The normalized spacial score (nSPS) is 9.26. The van der Waals surface area contributed by atoms with Gasteiger partial charge in [-0.05, 0) is 31.3 Å². The van der Waals surface area contributed by atoms with Crippen LogP contribution < -0.4 is 10.6 Å². The van der Waals surface area contributed by atoms with Crippen molar-refractivity contribution in [1.82, 2.24) is 10.6 Å². The summed E-state index contributed by atoms with van der Waals surface area (Å²) in [6.07, 6.45) is -0.179. The van der Waals surface area contributed by atoms with Crippen LogP contribution in [-0.4, -0.2) is 23.3 Å². The van der Waals surface area contributed by atoms with Gasteiger partial charge < -0.3 is 5.32 Å². The maximum atomic E-state index is 11.8. The summed E-state index contributed by atoms with van der Waals surface area (Å²) in [5.74, 6) is -0.625. The molecule has 0 fully saturated rings. The van der Waals surface area contributed by atoms with Crippen LogP contribution in [0, 0.1) is 18.3 Å². The Balaban J connectivity index is 2.44. The average molecular weight is 275 g/mol. The van der Waals surface area contributed by atoms with Crippen molar-refractivity contribution < 1.29 is 9.59 Å². The van der Waals surface area contributed by atoms with Crippen LogP contribution in [0.1, 0.15) is 22.3 Å². The van der Waals surface area contributed by atoms with Gasteiger partial charge in [0.2, 0.25) is 0 Å². The first-order valence-electron chi connectivity index (χ1n) is 5.57. The Labute approximate surface area is 116 Å². The van der Waals surface area contributed by atoms with Crippen molar-refractivity contribution in [3.8, 4) is 6.07 Å². The summed E-state index contributed by atoms with van der Waals surface area (Å²) >= 11 is 4.88. The number of benzene rings is 1. The molecular weight excluding hydrogens is 262 g/mol. The van der Waals surface area contributed by atoms with Gasteiger partial charge in [-0.2, -0.15) is 5.26 Å². The van der Waals surface area contributed by atoms with Gasteiger partial charge in [0.15, 0.2) is 10.9 Å². The standard InChI is InChI=1S/C13H13N3O2S/c1-9-2-4-10(5-3-9)12(18)16-13(19)15-8-11(17)6-7-14/h2-5H,6,8H2,1H3,(H2,15,16,18,19). The third-order valence-electron chi connectivity index (χ3n) is 2.26. The molecule has 0 saturated heterocycles. The summed E-state index contributed by atoms with van der Waals surface area (Å²) in [7, 11) is 0. The van der Waals surface area contributed by atoms with Gasteiger partial charge in [0.1, 0.15) is 0 Å². The molecule has 0 spiro atoms. The Hall–Kier alpha value is -2.26. The summed E-state index contributed by atoms with van der Waals surface area (Å²) in [6.45, 7) is 1.86. The summed E-state index contributed by atoms with van der Waals surface area (Å²) in [4.78, 5) is 22.8. The zero-order chi connectivity index (χ0) is 14.3. The van der Waals surface area contributed by atoms with E-state index in [-0.39, 0.29) is 29.8 Å². The van der Waals surface area contributed by atoms with Crippen molar-refractivity contribution in [2.45, 2.75) is 13.3 Å². The van der Waals surface area contributed by atoms with Crippen molar-refractivity contribution in [2.24, 2.45) is 0 Å². The molecule has 2 N–H and O–H groups in total. The Morgan fingerprint density at radius 2 is 1.95 bits per heavy atom. The first-order chi connectivity index (χ1) is 9.02. The molecule has 1 amide bonds. The van der Waals surface area contributed by atoms with Crippen LogP contribution in [0.15, 0.2) is 24.3 Å². The molecule has 1 rings (SSSR count). The number of aryl methyl sites for hydroxylation is 1. The predicted octanol–water partition coefficient (Wildman–Crippen LogP) is 1.08. The molecule has 1 aromatic carbocycles. The second kappa shape index (κ2) is 7.24. The number of hydrogen-bond donors (Lipinski definition) is 2. The molecule has 19 heavy (non-hydrogen) atoms. The van der Waals surface area contributed by atoms with Gasteiger partial charge in [-0.1, -0.05) is 17.7 Å². The Morgan fingerprint density at radius 3 is 2.53 bits per heavy atom. The summed E-state index contributed by atoms with van der Waals surface area (Å²) in [5.41, 5.74) is 1.54. The van der Waals surface area contributed by atoms with E-state index in [2.05, 4.69) is 10.6 Å². The van der Waals surface area contributed by atoms with Gasteiger partial charge in [-0.3, -0.25) is 14.9 Å². The van der Waals surface area contributed by atoms with Crippen molar-refractivity contribution in [3.05, 3.63) is 35.4 Å². The largest absolute Gasteiger partial charge is 0.355 e. The maximum Gasteiger partial charge on any atom is 0.257 e. The molecule has 6 heteroatoms. The predicted molar refractivity (Wildman–Crippen MR) is 74.5 cm³/mol. The quantitative estimate of drug-likeness (QED) is 0.804. The lowest BCUT2D eigenvalue weighted by molar-refractivity contribution is -0.117. The second-order valence-corrected chi connectivity index (χ2v) is 4.28. The number of nitrogens with one attached hydrogen (secondary N) is 2. The topological polar surface area (TPSA) is 82.0 Å². The fraction of sp³-hybridized carbons (Fsp3) is 0.231. The SMILES string of the molecule is Cc1ccc(C(=O)NC(=S)NCC(=O)CC#N)cc1. The first-order valence-corrected chi connectivity index (χ1v) is 5.98. The van der Waals surface area contributed by atoms with Crippen molar-refractivity contribution >= 4 is 29.0 Å². The van der Waals surface area contributed by atoms with E-state index in [0.717, 1.165) is 5.56 Å². The van der Waals surface area contributed by atoms with Crippen LogP contribution in [0.3, 0.4) is 0 Å². The highest BCUT2D eigenvalue weighted by atomic mass is 32.1. The molecule has 5 nitrogen and oxygen atoms in total. The summed E-state index contributed by atoms with van der Waals surface area (Å²) in [6, 6.07) is 8.76. The highest BCUT2D eigenvalue weighted by Crippen LogP contribution is 2.02. The van der Waals surface area contributed by atoms with Gasteiger partial charge in [-0.15, -0.1) is 0 Å². The number of hydrogen-bond acceptors (Lipinski definition) is 4. The zero-order valence-electron chi connectivity index (χ0n) is 10.4. The Morgan fingerprint density at radius 1 is 1.32 bits per heavy atom. The molecule has 0 bridgehead atoms. The van der Waals surface area contributed by atoms with E-state index in [9.17, 15) is 9.59 Å². The third kappa shape index (κ3) is 5.27. The number of rotatable bonds is 4. The molecule has 0 unspecified atom stereocenters. The van der Waals surface area contributed by atoms with Crippen LogP contribution >= 0.6 is 12.2 Å². The molecule has 0 aliphatic heterocycles. The molecule has 0 radical (unpaired) electrons. The van der Waals surface area contributed by atoms with Crippen molar-refractivity contribution in [1.29, 1.82) is 5.26 Å². The van der Waals surface area contributed by atoms with E-state index in [1.807, 2.05) is 19.1 Å². The molecule has 0 heterocycles. The monoisotopic (exact) mass is 275 g/mol. The zero-order valence-corrected chi connectivity index (χ0v) is 11.2. The van der Waals surface area contributed by atoms with Gasteiger partial charge in [0.05, 0.1) is 19.0 Å². The number of nitrogens with zero attached hydrogens (tertiary/aromatic N) is 1. The van der Waals surface area contributed by atoms with E-state index >= 15 is 0 Å². The number of nitriles is 1. The Bertz CT molecular complexity index is 532. The molecule has 0 aliphatic carbocycles. The van der Waals surface area contributed by atoms with E-state index in [1.165, 1.54) is 0 Å². The van der Waals surface area contributed by atoms with Gasteiger partial charge in [0.25, 0.3) is 5.91 Å². The highest BCUT2D eigenvalue weighted by Gasteiger charge is 2.08. The first kappa shape index (κ1) is 14.8. The van der Waals surface area contributed by atoms with Crippen LogP contribution in [0.25, 0.3) is 0 Å². The van der Waals surface area contributed by atoms with Crippen LogP contribution in [-0.2, 0) is 4.79 Å². The van der Waals surface area contributed by atoms with Crippen molar-refractivity contribution in [2.75, 3.05) is 6.54 Å².